The molecule has 1 heterocycles. The zero-order valence-electron chi connectivity index (χ0n) is 12.3. The number of fused-ring (bicyclic) bond motifs is 1. The Labute approximate surface area is 115 Å². The molecule has 1 aromatic heterocycles. The molecule has 0 aliphatic heterocycles. The van der Waals surface area contributed by atoms with Gasteiger partial charge in [0.2, 0.25) is 0 Å². The lowest BCUT2D eigenvalue weighted by Crippen LogP contribution is -2.23. The first kappa shape index (κ1) is 14.1. The summed E-state index contributed by atoms with van der Waals surface area (Å²) in [4.78, 5) is 4.48. The summed E-state index contributed by atoms with van der Waals surface area (Å²) in [5.41, 5.74) is 4.68. The Kier molecular flexibility index (Phi) is 4.25. The van der Waals surface area contributed by atoms with Crippen molar-refractivity contribution in [3.05, 3.63) is 29.6 Å². The Bertz CT molecular complexity index is 559. The van der Waals surface area contributed by atoms with Gasteiger partial charge >= 0.3 is 0 Å². The number of aromatic nitrogens is 2. The average molecular weight is 260 g/mol. The highest BCUT2D eigenvalue weighted by molar-refractivity contribution is 5.77. The first-order chi connectivity index (χ1) is 9.08. The minimum atomic E-state index is -0.297. The molecule has 0 amide bonds. The predicted octanol–water partition coefficient (Wildman–Crippen LogP) is 3.77. The van der Waals surface area contributed by atoms with Gasteiger partial charge < -0.3 is 9.67 Å². The van der Waals surface area contributed by atoms with Crippen molar-refractivity contribution in [1.29, 1.82) is 0 Å². The van der Waals surface area contributed by atoms with E-state index >= 15 is 0 Å². The van der Waals surface area contributed by atoms with Crippen LogP contribution in [0, 0.1) is 13.8 Å². The van der Waals surface area contributed by atoms with Crippen LogP contribution in [0.4, 0.5) is 0 Å². The van der Waals surface area contributed by atoms with Crippen molar-refractivity contribution in [3.8, 4) is 0 Å². The zero-order chi connectivity index (χ0) is 14.0. The summed E-state index contributed by atoms with van der Waals surface area (Å²) >= 11 is 0. The van der Waals surface area contributed by atoms with Gasteiger partial charge in [0.25, 0.3) is 0 Å². The first-order valence-electron chi connectivity index (χ1n) is 7.20. The molecule has 0 aliphatic carbocycles. The molecule has 0 saturated carbocycles. The molecular formula is C16H24N2O. The molecule has 0 fully saturated rings. The molecule has 2 aromatic rings. The number of hydrogen-bond donors (Lipinski definition) is 1. The van der Waals surface area contributed by atoms with E-state index in [0.717, 1.165) is 30.3 Å². The summed E-state index contributed by atoms with van der Waals surface area (Å²) in [6, 6.07) is 4.42. The van der Waals surface area contributed by atoms with Gasteiger partial charge in [-0.25, -0.2) is 4.98 Å². The minimum Gasteiger partial charge on any atom is -0.391 e. The Hall–Kier alpha value is -1.35. The maximum Gasteiger partial charge on any atom is 0.0961 e. The van der Waals surface area contributed by atoms with Crippen LogP contribution < -0.4 is 0 Å². The summed E-state index contributed by atoms with van der Waals surface area (Å²) in [6.07, 6.45) is 4.33. The Morgan fingerprint density at radius 1 is 1.21 bits per heavy atom. The van der Waals surface area contributed by atoms with Gasteiger partial charge in [0, 0.05) is 0 Å². The van der Waals surface area contributed by atoms with Gasteiger partial charge in [-0.2, -0.15) is 0 Å². The quantitative estimate of drug-likeness (QED) is 0.888. The second-order valence-electron chi connectivity index (χ2n) is 5.41. The summed E-state index contributed by atoms with van der Waals surface area (Å²) in [5.74, 6) is 0. The molecule has 0 spiro atoms. The molecule has 2 rings (SSSR count). The summed E-state index contributed by atoms with van der Waals surface area (Å²) in [5, 5.41) is 10.3. The third-order valence-corrected chi connectivity index (χ3v) is 3.99. The van der Waals surface area contributed by atoms with E-state index in [9.17, 15) is 5.11 Å². The molecule has 0 aliphatic rings. The highest BCUT2D eigenvalue weighted by atomic mass is 16.3. The van der Waals surface area contributed by atoms with Crippen LogP contribution >= 0.6 is 0 Å². The van der Waals surface area contributed by atoms with Crippen LogP contribution in [-0.4, -0.2) is 20.8 Å². The van der Waals surface area contributed by atoms with Crippen molar-refractivity contribution in [2.75, 3.05) is 0 Å². The molecule has 1 N–H and O–H groups in total. The molecule has 0 saturated heterocycles. The highest BCUT2D eigenvalue weighted by Gasteiger charge is 2.20. The third-order valence-electron chi connectivity index (χ3n) is 3.99. The molecule has 0 radical (unpaired) electrons. The van der Waals surface area contributed by atoms with E-state index in [-0.39, 0.29) is 12.1 Å². The van der Waals surface area contributed by atoms with Gasteiger partial charge in [0.05, 0.1) is 29.5 Å². The van der Waals surface area contributed by atoms with Crippen molar-refractivity contribution in [2.45, 2.75) is 59.1 Å². The lowest BCUT2D eigenvalue weighted by molar-refractivity contribution is 0.102. The normalized spacial score (nSPS) is 14.8. The van der Waals surface area contributed by atoms with Crippen LogP contribution in [0.25, 0.3) is 11.0 Å². The summed E-state index contributed by atoms with van der Waals surface area (Å²) in [6.45, 7) is 8.46. The number of hydrogen-bond acceptors (Lipinski definition) is 2. The van der Waals surface area contributed by atoms with E-state index in [1.54, 1.807) is 0 Å². The van der Waals surface area contributed by atoms with E-state index in [2.05, 4.69) is 49.4 Å². The van der Waals surface area contributed by atoms with Crippen LogP contribution in [0.15, 0.2) is 18.5 Å². The molecule has 3 nitrogen and oxygen atoms in total. The Morgan fingerprint density at radius 2 is 1.89 bits per heavy atom. The fraction of sp³-hybridized carbons (Fsp3) is 0.562. The molecule has 1 aromatic carbocycles. The van der Waals surface area contributed by atoms with Gasteiger partial charge in [0.1, 0.15) is 0 Å². The number of benzene rings is 1. The molecule has 0 bridgehead atoms. The Balaban J connectivity index is 2.46. The van der Waals surface area contributed by atoms with Crippen LogP contribution in [0.3, 0.4) is 0 Å². The molecule has 19 heavy (non-hydrogen) atoms. The number of aliphatic hydroxyl groups is 1. The average Bonchev–Trinajstić information content (AvgIpc) is 2.75. The van der Waals surface area contributed by atoms with E-state index in [1.165, 1.54) is 11.1 Å². The van der Waals surface area contributed by atoms with Gasteiger partial charge in [0.15, 0.2) is 0 Å². The largest absolute Gasteiger partial charge is 0.391 e. The SMILES string of the molecule is CCCC(O)C(CC)n1cnc2cc(C)c(C)cc21. The monoisotopic (exact) mass is 260 g/mol. The number of nitrogens with zero attached hydrogens (tertiary/aromatic N) is 2. The van der Waals surface area contributed by atoms with Crippen molar-refractivity contribution in [1.82, 2.24) is 9.55 Å². The fourth-order valence-electron chi connectivity index (χ4n) is 2.69. The van der Waals surface area contributed by atoms with E-state index in [0.29, 0.717) is 0 Å². The molecule has 2 atom stereocenters. The smallest absolute Gasteiger partial charge is 0.0961 e. The van der Waals surface area contributed by atoms with Crippen LogP contribution in [-0.2, 0) is 0 Å². The molecular weight excluding hydrogens is 236 g/mol. The summed E-state index contributed by atoms with van der Waals surface area (Å²) in [7, 11) is 0. The maximum atomic E-state index is 10.3. The standard InChI is InChI=1S/C16H24N2O/c1-5-7-16(19)14(6-2)18-10-17-13-8-11(3)12(4)9-15(13)18/h8-10,14,16,19H,5-7H2,1-4H3. The molecule has 3 heteroatoms. The van der Waals surface area contributed by atoms with Crippen molar-refractivity contribution in [3.63, 3.8) is 0 Å². The Morgan fingerprint density at radius 3 is 2.53 bits per heavy atom. The highest BCUT2D eigenvalue weighted by Crippen LogP contribution is 2.26. The third kappa shape index (κ3) is 2.66. The fourth-order valence-corrected chi connectivity index (χ4v) is 2.69. The number of rotatable bonds is 5. The predicted molar refractivity (Wildman–Crippen MR) is 79.4 cm³/mol. The number of aliphatic hydroxyl groups excluding tert-OH is 1. The van der Waals surface area contributed by atoms with Crippen molar-refractivity contribution < 1.29 is 5.11 Å². The number of imidazole rings is 1. The second kappa shape index (κ2) is 5.74. The first-order valence-corrected chi connectivity index (χ1v) is 7.20. The van der Waals surface area contributed by atoms with Gasteiger partial charge in [-0.05, 0) is 49.9 Å². The lowest BCUT2D eigenvalue weighted by atomic mass is 10.0. The van der Waals surface area contributed by atoms with Crippen LogP contribution in [0.1, 0.15) is 50.3 Å². The minimum absolute atomic E-state index is 0.118. The second-order valence-corrected chi connectivity index (χ2v) is 5.41. The van der Waals surface area contributed by atoms with Gasteiger partial charge in [-0.15, -0.1) is 0 Å². The molecule has 2 unspecified atom stereocenters. The van der Waals surface area contributed by atoms with Crippen LogP contribution in [0.5, 0.6) is 0 Å². The summed E-state index contributed by atoms with van der Waals surface area (Å²) < 4.78 is 2.14. The van der Waals surface area contributed by atoms with Crippen molar-refractivity contribution >= 4 is 11.0 Å². The van der Waals surface area contributed by atoms with Gasteiger partial charge in [-0.3, -0.25) is 0 Å². The van der Waals surface area contributed by atoms with Gasteiger partial charge in [-0.1, -0.05) is 20.3 Å². The zero-order valence-corrected chi connectivity index (χ0v) is 12.3. The topological polar surface area (TPSA) is 38.0 Å². The van der Waals surface area contributed by atoms with Crippen LogP contribution in [0.2, 0.25) is 0 Å². The van der Waals surface area contributed by atoms with E-state index < -0.39 is 0 Å². The lowest BCUT2D eigenvalue weighted by Gasteiger charge is -2.23. The maximum absolute atomic E-state index is 10.3. The van der Waals surface area contributed by atoms with E-state index in [4.69, 9.17) is 0 Å². The van der Waals surface area contributed by atoms with E-state index in [1.807, 2.05) is 6.33 Å². The van der Waals surface area contributed by atoms with Crippen molar-refractivity contribution in [2.24, 2.45) is 0 Å². The number of aryl methyl sites for hydroxylation is 2. The molecule has 104 valence electrons.